The number of halogens is 6. The molecule has 1 aromatic carbocycles. The molecule has 162 valence electrons. The highest BCUT2D eigenvalue weighted by molar-refractivity contribution is 5.95. The Labute approximate surface area is 164 Å². The SMILES string of the molecule is CCCN(CC(=O)Nc1ccc(F)c(F)c1F)C(=O)C1CCCC(C(F)(F)F)C1. The van der Waals surface area contributed by atoms with Crippen LogP contribution < -0.4 is 5.32 Å². The minimum absolute atomic E-state index is 0.0308. The monoisotopic (exact) mass is 424 g/mol. The molecule has 4 nitrogen and oxygen atoms in total. The number of amides is 2. The predicted octanol–water partition coefficient (Wildman–Crippen LogP) is 4.65. The minimum Gasteiger partial charge on any atom is -0.333 e. The number of anilines is 1. The Morgan fingerprint density at radius 3 is 2.45 bits per heavy atom. The van der Waals surface area contributed by atoms with Gasteiger partial charge in [-0.15, -0.1) is 0 Å². The van der Waals surface area contributed by atoms with Crippen LogP contribution in [0.2, 0.25) is 0 Å². The second kappa shape index (κ2) is 9.49. The highest BCUT2D eigenvalue weighted by Gasteiger charge is 2.44. The largest absolute Gasteiger partial charge is 0.391 e. The number of carbonyl (C=O) groups is 2. The van der Waals surface area contributed by atoms with Crippen LogP contribution >= 0.6 is 0 Å². The lowest BCUT2D eigenvalue weighted by Crippen LogP contribution is -2.44. The third-order valence-corrected chi connectivity index (χ3v) is 4.94. The van der Waals surface area contributed by atoms with E-state index in [0.717, 1.165) is 11.0 Å². The van der Waals surface area contributed by atoms with E-state index in [0.29, 0.717) is 18.9 Å². The molecule has 29 heavy (non-hydrogen) atoms. The van der Waals surface area contributed by atoms with Crippen molar-refractivity contribution in [1.29, 1.82) is 0 Å². The highest BCUT2D eigenvalue weighted by atomic mass is 19.4. The molecule has 1 aliphatic rings. The van der Waals surface area contributed by atoms with Gasteiger partial charge in [-0.05, 0) is 37.8 Å². The zero-order valence-corrected chi connectivity index (χ0v) is 15.8. The summed E-state index contributed by atoms with van der Waals surface area (Å²) in [6.45, 7) is 1.32. The van der Waals surface area contributed by atoms with Crippen LogP contribution in [0.5, 0.6) is 0 Å². The summed E-state index contributed by atoms with van der Waals surface area (Å²) >= 11 is 0. The van der Waals surface area contributed by atoms with Gasteiger partial charge in [0.1, 0.15) is 0 Å². The fourth-order valence-electron chi connectivity index (χ4n) is 3.49. The van der Waals surface area contributed by atoms with Crippen molar-refractivity contribution in [3.8, 4) is 0 Å². The Balaban J connectivity index is 2.06. The molecule has 0 spiro atoms. The van der Waals surface area contributed by atoms with Crippen LogP contribution in [0.3, 0.4) is 0 Å². The van der Waals surface area contributed by atoms with Crippen LogP contribution in [0.15, 0.2) is 12.1 Å². The van der Waals surface area contributed by atoms with Crippen LogP contribution in [0.25, 0.3) is 0 Å². The standard InChI is InChI=1S/C19H22F6N2O2/c1-2-8-27(18(29)11-4-3-5-12(9-11)19(23,24)25)10-15(28)26-14-7-6-13(20)16(21)17(14)22/h6-7,11-12H,2-5,8-10H2,1H3,(H,26,28). The number of hydrogen-bond acceptors (Lipinski definition) is 2. The van der Waals surface area contributed by atoms with Gasteiger partial charge in [0.2, 0.25) is 11.8 Å². The molecular formula is C19H22F6N2O2. The molecular weight excluding hydrogens is 402 g/mol. The summed E-state index contributed by atoms with van der Waals surface area (Å²) in [4.78, 5) is 26.0. The molecule has 2 rings (SSSR count). The zero-order chi connectivity index (χ0) is 21.8. The summed E-state index contributed by atoms with van der Waals surface area (Å²) < 4.78 is 78.9. The van der Waals surface area contributed by atoms with Crippen molar-refractivity contribution in [2.75, 3.05) is 18.4 Å². The molecule has 1 fully saturated rings. The Kier molecular flexibility index (Phi) is 7.54. The molecule has 2 atom stereocenters. The molecule has 2 amide bonds. The zero-order valence-electron chi connectivity index (χ0n) is 15.8. The maximum atomic E-state index is 13.7. The number of alkyl halides is 3. The number of nitrogens with zero attached hydrogens (tertiary/aromatic N) is 1. The van der Waals surface area contributed by atoms with Gasteiger partial charge in [-0.25, -0.2) is 13.2 Å². The fourth-order valence-corrected chi connectivity index (χ4v) is 3.49. The van der Waals surface area contributed by atoms with Gasteiger partial charge in [-0.1, -0.05) is 13.3 Å². The topological polar surface area (TPSA) is 49.4 Å². The van der Waals surface area contributed by atoms with Crippen molar-refractivity contribution < 1.29 is 35.9 Å². The first kappa shape index (κ1) is 23.0. The summed E-state index contributed by atoms with van der Waals surface area (Å²) in [5.41, 5.74) is -0.590. The summed E-state index contributed by atoms with van der Waals surface area (Å²) in [6.07, 6.45) is -3.74. The average molecular weight is 424 g/mol. The quantitative estimate of drug-likeness (QED) is 0.534. The van der Waals surface area contributed by atoms with E-state index in [1.807, 2.05) is 0 Å². The van der Waals surface area contributed by atoms with Crippen molar-refractivity contribution in [2.45, 2.75) is 45.2 Å². The van der Waals surface area contributed by atoms with E-state index in [9.17, 15) is 35.9 Å². The van der Waals surface area contributed by atoms with E-state index >= 15 is 0 Å². The molecule has 0 aliphatic heterocycles. The summed E-state index contributed by atoms with van der Waals surface area (Å²) in [5.74, 6) is -8.58. The Morgan fingerprint density at radius 1 is 1.14 bits per heavy atom. The first-order valence-corrected chi connectivity index (χ1v) is 9.33. The summed E-state index contributed by atoms with van der Waals surface area (Å²) in [7, 11) is 0. The number of hydrogen-bond donors (Lipinski definition) is 1. The molecule has 10 heteroatoms. The van der Waals surface area contributed by atoms with Crippen molar-refractivity contribution >= 4 is 17.5 Å². The summed E-state index contributed by atoms with van der Waals surface area (Å²) in [6, 6.07) is 1.48. The lowest BCUT2D eigenvalue weighted by Gasteiger charge is -2.33. The molecule has 1 saturated carbocycles. The van der Waals surface area contributed by atoms with Crippen molar-refractivity contribution in [3.05, 3.63) is 29.6 Å². The van der Waals surface area contributed by atoms with Crippen LogP contribution in [0, 0.1) is 29.3 Å². The second-order valence-corrected chi connectivity index (χ2v) is 7.13. The maximum Gasteiger partial charge on any atom is 0.391 e. The van der Waals surface area contributed by atoms with E-state index in [1.165, 1.54) is 0 Å². The molecule has 0 bridgehead atoms. The van der Waals surface area contributed by atoms with Gasteiger partial charge < -0.3 is 10.2 Å². The van der Waals surface area contributed by atoms with Gasteiger partial charge in [-0.3, -0.25) is 9.59 Å². The molecule has 0 heterocycles. The third kappa shape index (κ3) is 5.86. The highest BCUT2D eigenvalue weighted by Crippen LogP contribution is 2.40. The molecule has 0 radical (unpaired) electrons. The number of rotatable bonds is 6. The Bertz CT molecular complexity index is 753. The van der Waals surface area contributed by atoms with Crippen LogP contribution in [0.4, 0.5) is 32.0 Å². The van der Waals surface area contributed by atoms with E-state index in [-0.39, 0.29) is 25.8 Å². The molecule has 1 aliphatic carbocycles. The van der Waals surface area contributed by atoms with Gasteiger partial charge in [0.25, 0.3) is 0 Å². The van der Waals surface area contributed by atoms with E-state index < -0.39 is 59.5 Å². The summed E-state index contributed by atoms with van der Waals surface area (Å²) in [5, 5.41) is 2.06. The molecule has 1 aromatic rings. The molecule has 2 unspecified atom stereocenters. The van der Waals surface area contributed by atoms with E-state index in [4.69, 9.17) is 0 Å². The second-order valence-electron chi connectivity index (χ2n) is 7.13. The Morgan fingerprint density at radius 2 is 1.83 bits per heavy atom. The van der Waals surface area contributed by atoms with E-state index in [1.54, 1.807) is 6.92 Å². The van der Waals surface area contributed by atoms with Gasteiger partial charge in [0.05, 0.1) is 18.2 Å². The number of benzene rings is 1. The van der Waals surface area contributed by atoms with Gasteiger partial charge in [0, 0.05) is 12.5 Å². The van der Waals surface area contributed by atoms with Crippen molar-refractivity contribution in [3.63, 3.8) is 0 Å². The van der Waals surface area contributed by atoms with Crippen LogP contribution in [-0.4, -0.2) is 36.0 Å². The van der Waals surface area contributed by atoms with Crippen molar-refractivity contribution in [2.24, 2.45) is 11.8 Å². The third-order valence-electron chi connectivity index (χ3n) is 4.94. The maximum absolute atomic E-state index is 13.7. The average Bonchev–Trinajstić information content (AvgIpc) is 2.67. The lowest BCUT2D eigenvalue weighted by molar-refractivity contribution is -0.187. The smallest absolute Gasteiger partial charge is 0.333 e. The Hall–Kier alpha value is -2.26. The van der Waals surface area contributed by atoms with Gasteiger partial charge in [-0.2, -0.15) is 13.2 Å². The first-order valence-electron chi connectivity index (χ1n) is 9.33. The van der Waals surface area contributed by atoms with Gasteiger partial charge in [0.15, 0.2) is 17.5 Å². The number of nitrogens with one attached hydrogen (secondary N) is 1. The first-order chi connectivity index (χ1) is 13.5. The predicted molar refractivity (Wildman–Crippen MR) is 93.3 cm³/mol. The molecule has 1 N–H and O–H groups in total. The van der Waals surface area contributed by atoms with Crippen molar-refractivity contribution in [1.82, 2.24) is 4.90 Å². The molecule has 0 saturated heterocycles. The fraction of sp³-hybridized carbons (Fsp3) is 0.579. The molecule has 0 aromatic heterocycles. The lowest BCUT2D eigenvalue weighted by atomic mass is 9.80. The van der Waals surface area contributed by atoms with E-state index in [2.05, 4.69) is 5.32 Å². The van der Waals surface area contributed by atoms with Gasteiger partial charge >= 0.3 is 6.18 Å². The number of carbonyl (C=O) groups excluding carboxylic acids is 2. The van der Waals surface area contributed by atoms with Crippen LogP contribution in [-0.2, 0) is 9.59 Å². The minimum atomic E-state index is -4.38. The van der Waals surface area contributed by atoms with Crippen LogP contribution in [0.1, 0.15) is 39.0 Å². The normalized spacial score (nSPS) is 19.7.